The average molecular weight is 251 g/mol. The van der Waals surface area contributed by atoms with Crippen LogP contribution in [0.25, 0.3) is 22.2 Å². The Morgan fingerprint density at radius 1 is 1.11 bits per heavy atom. The molecule has 1 N–H and O–H groups in total. The molecule has 0 saturated carbocycles. The Labute approximate surface area is 112 Å². The van der Waals surface area contributed by atoms with E-state index in [1.165, 1.54) is 10.9 Å². The van der Waals surface area contributed by atoms with Crippen LogP contribution in [0.5, 0.6) is 0 Å². The van der Waals surface area contributed by atoms with Crippen molar-refractivity contribution in [3.8, 4) is 11.3 Å². The molecule has 1 aromatic carbocycles. The van der Waals surface area contributed by atoms with Crippen LogP contribution < -0.4 is 0 Å². The Kier molecular flexibility index (Phi) is 2.82. The first-order valence-electron chi connectivity index (χ1n) is 6.56. The molecule has 3 nitrogen and oxygen atoms in total. The van der Waals surface area contributed by atoms with Gasteiger partial charge >= 0.3 is 0 Å². The topological polar surface area (TPSA) is 41.6 Å². The number of benzene rings is 1. The number of nitrogens with one attached hydrogen (secondary N) is 1. The summed E-state index contributed by atoms with van der Waals surface area (Å²) in [5.41, 5.74) is 5.62. The van der Waals surface area contributed by atoms with Gasteiger partial charge in [-0.1, -0.05) is 26.0 Å². The van der Waals surface area contributed by atoms with E-state index in [2.05, 4.69) is 53.1 Å². The molecule has 2 aromatic heterocycles. The van der Waals surface area contributed by atoms with Gasteiger partial charge in [0.1, 0.15) is 6.33 Å². The first kappa shape index (κ1) is 11.9. The summed E-state index contributed by atoms with van der Waals surface area (Å²) in [4.78, 5) is 12.1. The molecule has 3 rings (SSSR count). The van der Waals surface area contributed by atoms with Gasteiger partial charge in [0.15, 0.2) is 0 Å². The SMILES string of the molecule is Cc1ncnc(-c2ccc3cc[nH]c3c2)c1C(C)C. The normalized spacial score (nSPS) is 11.4. The summed E-state index contributed by atoms with van der Waals surface area (Å²) in [5.74, 6) is 0.413. The molecular formula is C16H17N3. The number of aromatic amines is 1. The predicted octanol–water partition coefficient (Wildman–Crippen LogP) is 4.06. The smallest absolute Gasteiger partial charge is 0.116 e. The van der Waals surface area contributed by atoms with Crippen molar-refractivity contribution in [3.05, 3.63) is 48.0 Å². The number of hydrogen-bond acceptors (Lipinski definition) is 2. The first-order valence-corrected chi connectivity index (χ1v) is 6.56. The van der Waals surface area contributed by atoms with E-state index in [4.69, 9.17) is 0 Å². The summed E-state index contributed by atoms with van der Waals surface area (Å²) >= 11 is 0. The summed E-state index contributed by atoms with van der Waals surface area (Å²) in [7, 11) is 0. The van der Waals surface area contributed by atoms with Gasteiger partial charge in [0.25, 0.3) is 0 Å². The minimum absolute atomic E-state index is 0.413. The van der Waals surface area contributed by atoms with Crippen LogP contribution in [-0.2, 0) is 0 Å². The monoisotopic (exact) mass is 251 g/mol. The van der Waals surface area contributed by atoms with Gasteiger partial charge in [-0.2, -0.15) is 0 Å². The van der Waals surface area contributed by atoms with Crippen molar-refractivity contribution in [3.63, 3.8) is 0 Å². The van der Waals surface area contributed by atoms with Crippen molar-refractivity contribution >= 4 is 10.9 Å². The summed E-state index contributed by atoms with van der Waals surface area (Å²) in [6, 6.07) is 8.49. The average Bonchev–Trinajstić information content (AvgIpc) is 2.85. The molecular weight excluding hydrogens is 234 g/mol. The number of hydrogen-bond donors (Lipinski definition) is 1. The lowest BCUT2D eigenvalue weighted by atomic mass is 9.95. The van der Waals surface area contributed by atoms with Crippen LogP contribution in [-0.4, -0.2) is 15.0 Å². The van der Waals surface area contributed by atoms with Gasteiger partial charge in [-0.15, -0.1) is 0 Å². The van der Waals surface area contributed by atoms with E-state index in [0.29, 0.717) is 5.92 Å². The highest BCUT2D eigenvalue weighted by molar-refractivity contribution is 5.84. The maximum absolute atomic E-state index is 4.50. The number of aryl methyl sites for hydroxylation is 1. The van der Waals surface area contributed by atoms with Crippen LogP contribution in [0.15, 0.2) is 36.8 Å². The number of fused-ring (bicyclic) bond motifs is 1. The molecule has 0 bridgehead atoms. The standard InChI is InChI=1S/C16H17N3/c1-10(2)15-11(3)18-9-19-16(15)13-5-4-12-6-7-17-14(12)8-13/h4-10,17H,1-3H3. The van der Waals surface area contributed by atoms with E-state index < -0.39 is 0 Å². The maximum Gasteiger partial charge on any atom is 0.116 e. The van der Waals surface area contributed by atoms with Crippen molar-refractivity contribution in [2.45, 2.75) is 26.7 Å². The number of rotatable bonds is 2. The van der Waals surface area contributed by atoms with Gasteiger partial charge in [0.05, 0.1) is 5.69 Å². The molecule has 0 aliphatic heterocycles. The highest BCUT2D eigenvalue weighted by Gasteiger charge is 2.14. The van der Waals surface area contributed by atoms with Gasteiger partial charge in [-0.25, -0.2) is 9.97 Å². The third-order valence-corrected chi connectivity index (χ3v) is 3.49. The molecule has 0 aliphatic rings. The van der Waals surface area contributed by atoms with E-state index in [9.17, 15) is 0 Å². The van der Waals surface area contributed by atoms with Crippen molar-refractivity contribution in [2.75, 3.05) is 0 Å². The van der Waals surface area contributed by atoms with E-state index in [-0.39, 0.29) is 0 Å². The van der Waals surface area contributed by atoms with Gasteiger partial charge in [0, 0.05) is 28.5 Å². The predicted molar refractivity (Wildman–Crippen MR) is 78.2 cm³/mol. The number of H-pyrrole nitrogens is 1. The van der Waals surface area contributed by atoms with Crippen LogP contribution >= 0.6 is 0 Å². The Balaban J connectivity index is 2.23. The molecule has 3 heteroatoms. The second kappa shape index (κ2) is 4.50. The summed E-state index contributed by atoms with van der Waals surface area (Å²) < 4.78 is 0. The zero-order valence-corrected chi connectivity index (χ0v) is 11.4. The second-order valence-electron chi connectivity index (χ2n) is 5.16. The lowest BCUT2D eigenvalue weighted by Gasteiger charge is -2.14. The second-order valence-corrected chi connectivity index (χ2v) is 5.16. The molecule has 96 valence electrons. The van der Waals surface area contributed by atoms with E-state index in [1.807, 2.05) is 13.1 Å². The molecule has 0 spiro atoms. The highest BCUT2D eigenvalue weighted by Crippen LogP contribution is 2.30. The minimum atomic E-state index is 0.413. The lowest BCUT2D eigenvalue weighted by Crippen LogP contribution is -2.01. The van der Waals surface area contributed by atoms with Crippen molar-refractivity contribution in [1.82, 2.24) is 15.0 Å². The number of aromatic nitrogens is 3. The van der Waals surface area contributed by atoms with Crippen LogP contribution in [0.3, 0.4) is 0 Å². The zero-order valence-electron chi connectivity index (χ0n) is 11.4. The fraction of sp³-hybridized carbons (Fsp3) is 0.250. The molecule has 19 heavy (non-hydrogen) atoms. The fourth-order valence-electron chi connectivity index (χ4n) is 2.60. The van der Waals surface area contributed by atoms with E-state index in [1.54, 1.807) is 6.33 Å². The van der Waals surface area contributed by atoms with E-state index >= 15 is 0 Å². The molecule has 3 aromatic rings. The highest BCUT2D eigenvalue weighted by atomic mass is 14.8. The number of nitrogens with zero attached hydrogens (tertiary/aromatic N) is 2. The molecule has 0 unspecified atom stereocenters. The minimum Gasteiger partial charge on any atom is -0.361 e. The molecule has 0 amide bonds. The Morgan fingerprint density at radius 2 is 1.95 bits per heavy atom. The maximum atomic E-state index is 4.50. The van der Waals surface area contributed by atoms with E-state index in [0.717, 1.165) is 22.5 Å². The van der Waals surface area contributed by atoms with Crippen molar-refractivity contribution in [1.29, 1.82) is 0 Å². The van der Waals surface area contributed by atoms with Crippen molar-refractivity contribution < 1.29 is 0 Å². The zero-order chi connectivity index (χ0) is 13.4. The molecule has 2 heterocycles. The van der Waals surface area contributed by atoms with Gasteiger partial charge in [0.2, 0.25) is 0 Å². The lowest BCUT2D eigenvalue weighted by molar-refractivity contribution is 0.833. The summed E-state index contributed by atoms with van der Waals surface area (Å²) in [6.07, 6.45) is 3.61. The van der Waals surface area contributed by atoms with Gasteiger partial charge in [-0.05, 0) is 30.4 Å². The quantitative estimate of drug-likeness (QED) is 0.746. The third-order valence-electron chi connectivity index (χ3n) is 3.49. The van der Waals surface area contributed by atoms with Gasteiger partial charge < -0.3 is 4.98 Å². The largest absolute Gasteiger partial charge is 0.361 e. The van der Waals surface area contributed by atoms with Crippen LogP contribution in [0, 0.1) is 6.92 Å². The van der Waals surface area contributed by atoms with Crippen LogP contribution in [0.1, 0.15) is 31.0 Å². The third kappa shape index (κ3) is 2.01. The molecule has 0 atom stereocenters. The van der Waals surface area contributed by atoms with Crippen molar-refractivity contribution in [2.24, 2.45) is 0 Å². The first-order chi connectivity index (χ1) is 9.16. The molecule has 0 radical (unpaired) electrons. The van der Waals surface area contributed by atoms with Crippen LogP contribution in [0.4, 0.5) is 0 Å². The van der Waals surface area contributed by atoms with Gasteiger partial charge in [-0.3, -0.25) is 0 Å². The Morgan fingerprint density at radius 3 is 2.74 bits per heavy atom. The molecule has 0 fully saturated rings. The Bertz CT molecular complexity index is 726. The Hall–Kier alpha value is -2.16. The summed E-state index contributed by atoms with van der Waals surface area (Å²) in [5, 5.41) is 1.22. The molecule has 0 aliphatic carbocycles. The summed E-state index contributed by atoms with van der Waals surface area (Å²) in [6.45, 7) is 6.42. The molecule has 0 saturated heterocycles. The van der Waals surface area contributed by atoms with Crippen LogP contribution in [0.2, 0.25) is 0 Å². The fourth-order valence-corrected chi connectivity index (χ4v) is 2.60.